The zero-order valence-electron chi connectivity index (χ0n) is 16.6. The molecule has 30 heavy (non-hydrogen) atoms. The van der Waals surface area contributed by atoms with Gasteiger partial charge in [0.25, 0.3) is 5.69 Å². The molecule has 1 saturated heterocycles. The van der Waals surface area contributed by atoms with E-state index in [4.69, 9.17) is 0 Å². The van der Waals surface area contributed by atoms with Gasteiger partial charge in [-0.05, 0) is 38.0 Å². The number of aromatic amines is 1. The number of fused-ring (bicyclic) bond motifs is 1. The lowest BCUT2D eigenvalue weighted by molar-refractivity contribution is -0.383. The molecule has 3 aromatic rings. The number of nitrogens with one attached hydrogen (secondary N) is 2. The molecule has 0 bridgehead atoms. The fourth-order valence-corrected chi connectivity index (χ4v) is 4.11. The summed E-state index contributed by atoms with van der Waals surface area (Å²) in [5, 5.41) is 13.8. The third kappa shape index (κ3) is 3.71. The Hall–Kier alpha value is -3.46. The Morgan fingerprint density at radius 2 is 1.83 bits per heavy atom. The van der Waals surface area contributed by atoms with Gasteiger partial charge in [-0.2, -0.15) is 0 Å². The van der Waals surface area contributed by atoms with E-state index in [0.29, 0.717) is 13.1 Å². The molecule has 2 heterocycles. The monoisotopic (exact) mass is 409 g/mol. The maximum atomic E-state index is 12.7. The van der Waals surface area contributed by atoms with Gasteiger partial charge in [0.05, 0.1) is 22.0 Å². The molecule has 0 aliphatic carbocycles. The number of anilines is 1. The van der Waals surface area contributed by atoms with Gasteiger partial charge in [0.2, 0.25) is 5.91 Å². The first kappa shape index (κ1) is 19.8. The second kappa shape index (κ2) is 8.11. The van der Waals surface area contributed by atoms with Crippen molar-refractivity contribution in [3.05, 3.63) is 69.1 Å². The fourth-order valence-electron chi connectivity index (χ4n) is 4.11. The number of rotatable bonds is 5. The molecule has 9 heteroatoms. The minimum Gasteiger partial charge on any atom is -0.319 e. The Morgan fingerprint density at radius 1 is 1.17 bits per heavy atom. The number of nitro benzene ring substituents is 1. The van der Waals surface area contributed by atoms with Gasteiger partial charge >= 0.3 is 5.69 Å². The van der Waals surface area contributed by atoms with E-state index in [1.165, 1.54) is 12.1 Å². The van der Waals surface area contributed by atoms with E-state index in [-0.39, 0.29) is 29.0 Å². The number of amides is 1. The van der Waals surface area contributed by atoms with Gasteiger partial charge in [-0.15, -0.1) is 0 Å². The molecule has 0 unspecified atom stereocenters. The van der Waals surface area contributed by atoms with Gasteiger partial charge in [0, 0.05) is 25.2 Å². The van der Waals surface area contributed by atoms with E-state index in [1.54, 1.807) is 19.1 Å². The molecule has 156 valence electrons. The van der Waals surface area contributed by atoms with Crippen LogP contribution in [0.2, 0.25) is 0 Å². The number of H-pyrrole nitrogens is 1. The van der Waals surface area contributed by atoms with Gasteiger partial charge in [-0.3, -0.25) is 24.4 Å². The molecule has 1 aliphatic heterocycles. The molecule has 1 atom stereocenters. The highest BCUT2D eigenvalue weighted by Gasteiger charge is 2.29. The maximum absolute atomic E-state index is 12.7. The van der Waals surface area contributed by atoms with Gasteiger partial charge in [0.15, 0.2) is 0 Å². The summed E-state index contributed by atoms with van der Waals surface area (Å²) < 4.78 is 1.81. The van der Waals surface area contributed by atoms with Crippen LogP contribution in [-0.2, 0) is 4.79 Å². The smallest absolute Gasteiger partial charge is 0.319 e. The zero-order chi connectivity index (χ0) is 21.3. The summed E-state index contributed by atoms with van der Waals surface area (Å²) in [6.07, 6.45) is 1.48. The van der Waals surface area contributed by atoms with Crippen LogP contribution in [0.1, 0.15) is 25.8 Å². The molecular weight excluding hydrogens is 386 g/mol. The van der Waals surface area contributed by atoms with Crippen molar-refractivity contribution in [1.29, 1.82) is 0 Å². The number of likely N-dealkylation sites (tertiary alicyclic amines) is 1. The highest BCUT2D eigenvalue weighted by Crippen LogP contribution is 2.27. The van der Waals surface area contributed by atoms with Crippen molar-refractivity contribution in [2.45, 2.75) is 31.8 Å². The first-order valence-corrected chi connectivity index (χ1v) is 9.93. The highest BCUT2D eigenvalue weighted by atomic mass is 16.6. The van der Waals surface area contributed by atoms with E-state index in [2.05, 4.69) is 10.3 Å². The number of imidazole rings is 1. The number of aromatic nitrogens is 2. The number of benzene rings is 2. The summed E-state index contributed by atoms with van der Waals surface area (Å²) in [4.78, 5) is 40.7. The van der Waals surface area contributed by atoms with E-state index in [1.807, 2.05) is 33.7 Å². The van der Waals surface area contributed by atoms with E-state index < -0.39 is 11.0 Å². The number of carbonyl (C=O) groups excluding carboxylic acids is 1. The fraction of sp³-hybridized carbons (Fsp3) is 0.333. The van der Waals surface area contributed by atoms with Gasteiger partial charge in [-0.25, -0.2) is 4.79 Å². The largest absolute Gasteiger partial charge is 0.326 e. The summed E-state index contributed by atoms with van der Waals surface area (Å²) in [6, 6.07) is 13.4. The average molecular weight is 409 g/mol. The van der Waals surface area contributed by atoms with Gasteiger partial charge < -0.3 is 10.3 Å². The molecule has 0 radical (unpaired) electrons. The molecular formula is C21H23N5O4. The summed E-state index contributed by atoms with van der Waals surface area (Å²) in [6.45, 7) is 3.10. The van der Waals surface area contributed by atoms with Crippen molar-refractivity contribution in [3.63, 3.8) is 0 Å². The summed E-state index contributed by atoms with van der Waals surface area (Å²) >= 11 is 0. The minimum absolute atomic E-state index is 0.0652. The predicted molar refractivity (Wildman–Crippen MR) is 114 cm³/mol. The maximum Gasteiger partial charge on any atom is 0.326 e. The third-order valence-electron chi connectivity index (χ3n) is 5.77. The van der Waals surface area contributed by atoms with E-state index >= 15 is 0 Å². The Bertz CT molecular complexity index is 1140. The molecule has 2 aromatic carbocycles. The zero-order valence-corrected chi connectivity index (χ0v) is 16.6. The lowest BCUT2D eigenvalue weighted by atomic mass is 10.0. The van der Waals surface area contributed by atoms with Crippen LogP contribution >= 0.6 is 0 Å². The normalized spacial score (nSPS) is 16.4. The van der Waals surface area contributed by atoms with Crippen LogP contribution in [-0.4, -0.2) is 44.4 Å². The summed E-state index contributed by atoms with van der Waals surface area (Å²) in [5.41, 5.74) is 1.66. The Labute approximate surface area is 172 Å². The molecule has 4 rings (SSSR count). The number of hydrogen-bond donors (Lipinski definition) is 2. The van der Waals surface area contributed by atoms with Crippen molar-refractivity contribution in [3.8, 4) is 0 Å². The molecule has 0 saturated carbocycles. The highest BCUT2D eigenvalue weighted by molar-refractivity contribution is 5.96. The van der Waals surface area contributed by atoms with Gasteiger partial charge in [-0.1, -0.05) is 24.3 Å². The third-order valence-corrected chi connectivity index (χ3v) is 5.77. The Balaban J connectivity index is 1.43. The number of para-hydroxylation sites is 4. The van der Waals surface area contributed by atoms with E-state index in [0.717, 1.165) is 23.9 Å². The number of nitrogens with zero attached hydrogens (tertiary/aromatic N) is 3. The van der Waals surface area contributed by atoms with Crippen LogP contribution in [0.5, 0.6) is 0 Å². The molecule has 1 aromatic heterocycles. The average Bonchev–Trinajstić information content (AvgIpc) is 3.09. The molecule has 1 fully saturated rings. The Morgan fingerprint density at radius 3 is 2.57 bits per heavy atom. The van der Waals surface area contributed by atoms with Crippen molar-refractivity contribution in [1.82, 2.24) is 14.5 Å². The molecule has 1 aliphatic rings. The number of hydrogen-bond acceptors (Lipinski definition) is 5. The predicted octanol–water partition coefficient (Wildman–Crippen LogP) is 2.90. The van der Waals surface area contributed by atoms with Crippen LogP contribution < -0.4 is 11.0 Å². The first-order chi connectivity index (χ1) is 14.5. The SMILES string of the molecule is C[C@H](C(=O)Nc1ccccc1[N+](=O)[O-])N1CCC(n2c(=O)[nH]c3ccccc32)CC1. The van der Waals surface area contributed by atoms with Crippen molar-refractivity contribution < 1.29 is 9.72 Å². The molecule has 1 amide bonds. The van der Waals surface area contributed by atoms with Crippen LogP contribution in [0.4, 0.5) is 11.4 Å². The number of piperidine rings is 1. The number of nitro groups is 1. The van der Waals surface area contributed by atoms with Gasteiger partial charge in [0.1, 0.15) is 5.69 Å². The quantitative estimate of drug-likeness (QED) is 0.497. The molecule has 9 nitrogen and oxygen atoms in total. The van der Waals surface area contributed by atoms with Crippen LogP contribution in [0, 0.1) is 10.1 Å². The topological polar surface area (TPSA) is 113 Å². The van der Waals surface area contributed by atoms with Crippen LogP contribution in [0.25, 0.3) is 11.0 Å². The standard InChI is InChI=1S/C21H23N5O4/c1-14(20(27)22-17-7-3-5-9-19(17)26(29)30)24-12-10-15(11-13-24)25-18-8-4-2-6-16(18)23-21(25)28/h2-9,14-15H,10-13H2,1H3,(H,22,27)(H,23,28)/t14-/m1/s1. The minimum atomic E-state index is -0.509. The molecule has 0 spiro atoms. The lowest BCUT2D eigenvalue weighted by Gasteiger charge is -2.35. The van der Waals surface area contributed by atoms with Crippen molar-refractivity contribution in [2.75, 3.05) is 18.4 Å². The Kier molecular flexibility index (Phi) is 5.37. The second-order valence-electron chi connectivity index (χ2n) is 7.52. The second-order valence-corrected chi connectivity index (χ2v) is 7.52. The summed E-state index contributed by atoms with van der Waals surface area (Å²) in [7, 11) is 0. The lowest BCUT2D eigenvalue weighted by Crippen LogP contribution is -2.47. The van der Waals surface area contributed by atoms with Crippen molar-refractivity contribution in [2.24, 2.45) is 0 Å². The first-order valence-electron chi connectivity index (χ1n) is 9.93. The van der Waals surface area contributed by atoms with E-state index in [9.17, 15) is 19.7 Å². The van der Waals surface area contributed by atoms with Crippen LogP contribution in [0.3, 0.4) is 0 Å². The summed E-state index contributed by atoms with van der Waals surface area (Å²) in [5.74, 6) is -0.285. The van der Waals surface area contributed by atoms with Crippen molar-refractivity contribution >= 4 is 28.3 Å². The van der Waals surface area contributed by atoms with Crippen LogP contribution in [0.15, 0.2) is 53.3 Å². The molecule has 2 N–H and O–H groups in total. The number of carbonyl (C=O) groups is 1.